The van der Waals surface area contributed by atoms with Gasteiger partial charge in [-0.3, -0.25) is 4.79 Å². The highest BCUT2D eigenvalue weighted by Crippen LogP contribution is 2.53. The number of benzene rings is 8. The number of ketones is 1. The van der Waals surface area contributed by atoms with Crippen LogP contribution in [-0.4, -0.2) is 16.0 Å². The van der Waals surface area contributed by atoms with Crippen LogP contribution in [0.2, 0.25) is 0 Å². The van der Waals surface area contributed by atoms with E-state index in [2.05, 4.69) is 84.9 Å². The van der Waals surface area contributed by atoms with Crippen LogP contribution in [0, 0.1) is 0 Å². The summed E-state index contributed by atoms with van der Waals surface area (Å²) >= 11 is 0. The van der Waals surface area contributed by atoms with Gasteiger partial charge in [-0.05, 0) is 85.5 Å². The first kappa shape index (κ1) is 38.4. The number of fused-ring (bicyclic) bond motifs is 2. The van der Waals surface area contributed by atoms with E-state index in [4.69, 9.17) is 4.74 Å². The third-order valence-corrected chi connectivity index (χ3v) is 12.3. The summed E-state index contributed by atoms with van der Waals surface area (Å²) in [6, 6.07) is 72.0. The molecule has 298 valence electrons. The Morgan fingerprint density at radius 1 is 0.419 bits per heavy atom. The summed E-state index contributed by atoms with van der Waals surface area (Å²) in [5.74, 6) is 0.0937. The number of aromatic hydroxyl groups is 2. The third-order valence-electron chi connectivity index (χ3n) is 12.3. The molecule has 0 spiro atoms. The van der Waals surface area contributed by atoms with Gasteiger partial charge in [-0.15, -0.1) is 0 Å². The average Bonchev–Trinajstić information content (AvgIpc) is 3.34. The van der Waals surface area contributed by atoms with Crippen molar-refractivity contribution in [3.05, 3.63) is 303 Å². The van der Waals surface area contributed by atoms with Crippen LogP contribution in [-0.2, 0) is 15.9 Å². The Labute approximate surface area is 361 Å². The maximum Gasteiger partial charge on any atom is 0.193 e. The van der Waals surface area contributed by atoms with Crippen LogP contribution in [0.1, 0.15) is 66.3 Å². The number of phenols is 2. The molecule has 0 fully saturated rings. The van der Waals surface area contributed by atoms with E-state index < -0.39 is 11.2 Å². The molecule has 4 nitrogen and oxygen atoms in total. The lowest BCUT2D eigenvalue weighted by Crippen LogP contribution is -2.44. The van der Waals surface area contributed by atoms with E-state index in [1.165, 1.54) is 0 Å². The van der Waals surface area contributed by atoms with Crippen molar-refractivity contribution >= 4 is 11.4 Å². The molecule has 0 heterocycles. The molecule has 0 bridgehead atoms. The van der Waals surface area contributed by atoms with E-state index >= 15 is 0 Å². The van der Waals surface area contributed by atoms with Gasteiger partial charge in [-0.1, -0.05) is 212 Å². The molecule has 4 heteroatoms. The quantitative estimate of drug-likeness (QED) is 0.135. The lowest BCUT2D eigenvalue weighted by Gasteiger charge is -2.46. The van der Waals surface area contributed by atoms with Crippen molar-refractivity contribution < 1.29 is 19.7 Å². The number of carbonyl (C=O) groups is 1. The van der Waals surface area contributed by atoms with Crippen molar-refractivity contribution in [3.8, 4) is 11.5 Å². The highest BCUT2D eigenvalue weighted by Gasteiger charge is 2.49. The van der Waals surface area contributed by atoms with Crippen LogP contribution in [0.3, 0.4) is 0 Å². The van der Waals surface area contributed by atoms with E-state index in [9.17, 15) is 15.0 Å². The molecular weight excluding hydrogens is 761 g/mol. The largest absolute Gasteiger partial charge is 0.508 e. The van der Waals surface area contributed by atoms with E-state index in [0.29, 0.717) is 11.1 Å². The van der Waals surface area contributed by atoms with Gasteiger partial charge in [-0.25, -0.2) is 0 Å². The fourth-order valence-electron chi connectivity index (χ4n) is 9.41. The molecular formula is C58H42O4. The lowest BCUT2D eigenvalue weighted by atomic mass is 9.70. The van der Waals surface area contributed by atoms with Crippen LogP contribution in [0.5, 0.6) is 11.5 Å². The Morgan fingerprint density at radius 2 is 0.806 bits per heavy atom. The predicted octanol–water partition coefficient (Wildman–Crippen LogP) is 12.7. The summed E-state index contributed by atoms with van der Waals surface area (Å²) in [5.41, 5.74) is 9.06. The van der Waals surface area contributed by atoms with Crippen molar-refractivity contribution in [2.24, 2.45) is 0 Å². The first-order valence-electron chi connectivity index (χ1n) is 20.9. The average molecular weight is 803 g/mol. The zero-order valence-electron chi connectivity index (χ0n) is 33.8. The van der Waals surface area contributed by atoms with Gasteiger partial charge in [0.2, 0.25) is 0 Å². The minimum absolute atomic E-state index is 0.0254. The Bertz CT molecular complexity index is 2930. The molecule has 8 aromatic carbocycles. The fraction of sp³-hybridized carbons (Fsp3) is 0.0517. The summed E-state index contributed by atoms with van der Waals surface area (Å²) < 4.78 is 8.18. The monoisotopic (exact) mass is 802 g/mol. The predicted molar refractivity (Wildman–Crippen MR) is 246 cm³/mol. The Morgan fingerprint density at radius 3 is 1.27 bits per heavy atom. The third kappa shape index (κ3) is 6.49. The zero-order valence-corrected chi connectivity index (χ0v) is 33.8. The highest BCUT2D eigenvalue weighted by molar-refractivity contribution is 6.20. The second-order valence-electron chi connectivity index (χ2n) is 15.8. The number of Topliss-reactive ketones (excluding diaryl/α,β-unsaturated/α-hetero) is 1. The number of ether oxygens (including phenoxy) is 1. The standard InChI is InChI=1S/C58H42O4/c59-48-36-32-46(33-37-48)57(42-18-7-2-8-19-42,43-20-9-3-10-21-43)62-58(44-22-11-4-12-23-44,47-34-38-49(60)39-35-47)45-30-28-40(29-31-45)50-26-15-27-53-55(50)54(41-16-5-1-6-17-41)51-24-13-14-25-52(51)56(53)61/h1-39,50,59-60H. The molecule has 0 saturated heterocycles. The summed E-state index contributed by atoms with van der Waals surface area (Å²) in [5, 5.41) is 21.3. The van der Waals surface area contributed by atoms with Gasteiger partial charge in [0.25, 0.3) is 0 Å². The molecule has 0 amide bonds. The van der Waals surface area contributed by atoms with Crippen molar-refractivity contribution in [1.29, 1.82) is 0 Å². The van der Waals surface area contributed by atoms with Gasteiger partial charge in [0.1, 0.15) is 22.7 Å². The molecule has 2 unspecified atom stereocenters. The van der Waals surface area contributed by atoms with Gasteiger partial charge >= 0.3 is 0 Å². The van der Waals surface area contributed by atoms with Gasteiger partial charge in [0, 0.05) is 17.1 Å². The summed E-state index contributed by atoms with van der Waals surface area (Å²) in [6.45, 7) is 0. The van der Waals surface area contributed by atoms with Crippen molar-refractivity contribution in [2.45, 2.75) is 17.1 Å². The minimum Gasteiger partial charge on any atom is -0.508 e. The molecule has 10 rings (SSSR count). The number of carbonyl (C=O) groups excluding carboxylic acids is 1. The highest BCUT2D eigenvalue weighted by atomic mass is 16.5. The summed E-state index contributed by atoms with van der Waals surface area (Å²) in [7, 11) is 0. The Hall–Kier alpha value is -7.79. The normalized spacial score (nSPS) is 15.6. The topological polar surface area (TPSA) is 66.8 Å². The van der Waals surface area contributed by atoms with Crippen LogP contribution in [0.15, 0.2) is 248 Å². The smallest absolute Gasteiger partial charge is 0.193 e. The van der Waals surface area contributed by atoms with Crippen molar-refractivity contribution in [2.75, 3.05) is 0 Å². The molecule has 0 radical (unpaired) electrons. The molecule has 8 aromatic rings. The summed E-state index contributed by atoms with van der Waals surface area (Å²) in [4.78, 5) is 14.2. The molecule has 62 heavy (non-hydrogen) atoms. The van der Waals surface area contributed by atoms with Gasteiger partial charge < -0.3 is 14.9 Å². The molecule has 2 N–H and O–H groups in total. The van der Waals surface area contributed by atoms with E-state index in [1.54, 1.807) is 24.3 Å². The van der Waals surface area contributed by atoms with Crippen LogP contribution < -0.4 is 0 Å². The maximum atomic E-state index is 14.2. The first-order valence-corrected chi connectivity index (χ1v) is 20.9. The first-order chi connectivity index (χ1) is 30.5. The Kier molecular flexibility index (Phi) is 9.91. The van der Waals surface area contributed by atoms with E-state index in [0.717, 1.165) is 61.2 Å². The second kappa shape index (κ2) is 16.0. The summed E-state index contributed by atoms with van der Waals surface area (Å²) in [6.07, 6.45) is 6.14. The second-order valence-corrected chi connectivity index (χ2v) is 15.8. The van der Waals surface area contributed by atoms with Crippen LogP contribution in [0.4, 0.5) is 0 Å². The zero-order chi connectivity index (χ0) is 42.1. The van der Waals surface area contributed by atoms with E-state index in [-0.39, 0.29) is 23.2 Å². The van der Waals surface area contributed by atoms with Crippen LogP contribution >= 0.6 is 0 Å². The minimum atomic E-state index is -1.29. The van der Waals surface area contributed by atoms with Gasteiger partial charge in [-0.2, -0.15) is 0 Å². The Balaban J connectivity index is 1.22. The molecule has 0 aliphatic heterocycles. The molecule has 0 saturated carbocycles. The molecule has 2 aliphatic carbocycles. The maximum absolute atomic E-state index is 14.2. The lowest BCUT2D eigenvalue weighted by molar-refractivity contribution is -0.0810. The number of hydrogen-bond acceptors (Lipinski definition) is 4. The van der Waals surface area contributed by atoms with Crippen molar-refractivity contribution in [3.63, 3.8) is 0 Å². The number of hydrogen-bond donors (Lipinski definition) is 2. The SMILES string of the molecule is O=C1C2=CC=CC(c3ccc(C(OC(c4ccccc4)(c4ccccc4)c4ccc(O)cc4)(c4ccccc4)c4ccc(O)cc4)cc3)C2=C(c2ccccc2)c2ccccc21. The van der Waals surface area contributed by atoms with Gasteiger partial charge in [0.15, 0.2) is 5.78 Å². The fourth-order valence-corrected chi connectivity index (χ4v) is 9.41. The van der Waals surface area contributed by atoms with Crippen LogP contribution in [0.25, 0.3) is 5.57 Å². The van der Waals surface area contributed by atoms with Crippen molar-refractivity contribution in [1.82, 2.24) is 0 Å². The van der Waals surface area contributed by atoms with E-state index in [1.807, 2.05) is 127 Å². The molecule has 2 aliphatic rings. The van der Waals surface area contributed by atoms with Gasteiger partial charge in [0.05, 0.1) is 0 Å². The number of allylic oxidation sites excluding steroid dienone is 5. The number of rotatable bonds is 10. The molecule has 2 atom stereocenters. The molecule has 0 aromatic heterocycles. The number of phenolic OH excluding ortho intramolecular Hbond substituents is 2.